The lowest BCUT2D eigenvalue weighted by atomic mass is 10.1. The fourth-order valence-electron chi connectivity index (χ4n) is 1.53. The summed E-state index contributed by atoms with van der Waals surface area (Å²) in [6.07, 6.45) is 1.78. The van der Waals surface area contributed by atoms with E-state index in [1.54, 1.807) is 6.08 Å². The van der Waals surface area contributed by atoms with Crippen molar-refractivity contribution in [1.29, 1.82) is 0 Å². The molecule has 0 bridgehead atoms. The molecule has 0 saturated heterocycles. The van der Waals surface area contributed by atoms with Gasteiger partial charge in [-0.25, -0.2) is 4.99 Å². The highest BCUT2D eigenvalue weighted by Gasteiger charge is 2.25. The fraction of sp³-hybridized carbons (Fsp3) is 0.308. The van der Waals surface area contributed by atoms with Gasteiger partial charge in [0.15, 0.2) is 0 Å². The average molecular weight is 216 g/mol. The maximum Gasteiger partial charge on any atom is 0.211 e. The van der Waals surface area contributed by atoms with Crippen LogP contribution in [-0.4, -0.2) is 18.0 Å². The van der Waals surface area contributed by atoms with Gasteiger partial charge in [0.25, 0.3) is 0 Å². The van der Waals surface area contributed by atoms with Crippen LogP contribution < -0.4 is 5.73 Å². The Kier molecular flexibility index (Phi) is 2.69. The summed E-state index contributed by atoms with van der Waals surface area (Å²) in [5, 5.41) is 0. The van der Waals surface area contributed by atoms with Crippen LogP contribution in [0.1, 0.15) is 19.4 Å². The molecular formula is C13H16N2O. The smallest absolute Gasteiger partial charge is 0.211 e. The van der Waals surface area contributed by atoms with E-state index in [4.69, 9.17) is 10.5 Å². The second-order valence-electron chi connectivity index (χ2n) is 4.52. The highest BCUT2D eigenvalue weighted by atomic mass is 16.5. The Morgan fingerprint density at radius 2 is 2.06 bits per heavy atom. The molecule has 1 aliphatic rings. The third-order valence-corrected chi connectivity index (χ3v) is 2.37. The number of hydrogen-bond donors (Lipinski definition) is 1. The molecule has 0 fully saturated rings. The highest BCUT2D eigenvalue weighted by molar-refractivity contribution is 5.95. The maximum atomic E-state index is 5.96. The summed E-state index contributed by atoms with van der Waals surface area (Å²) in [4.78, 5) is 4.42. The van der Waals surface area contributed by atoms with E-state index in [0.29, 0.717) is 18.2 Å². The van der Waals surface area contributed by atoms with Gasteiger partial charge in [0.2, 0.25) is 5.90 Å². The lowest BCUT2D eigenvalue weighted by molar-refractivity contribution is 0.280. The molecule has 0 unspecified atom stereocenters. The molecule has 2 N–H and O–H groups in total. The number of rotatable bonds is 2. The van der Waals surface area contributed by atoms with Crippen molar-refractivity contribution in [3.63, 3.8) is 0 Å². The van der Waals surface area contributed by atoms with E-state index in [1.165, 1.54) is 0 Å². The van der Waals surface area contributed by atoms with E-state index in [1.807, 2.05) is 44.2 Å². The van der Waals surface area contributed by atoms with Gasteiger partial charge in [-0.1, -0.05) is 30.3 Å². The molecule has 1 heterocycles. The van der Waals surface area contributed by atoms with Crippen LogP contribution in [0.15, 0.2) is 41.4 Å². The van der Waals surface area contributed by atoms with Gasteiger partial charge in [-0.3, -0.25) is 0 Å². The zero-order valence-corrected chi connectivity index (χ0v) is 9.60. The first kappa shape index (κ1) is 10.7. The van der Waals surface area contributed by atoms with Gasteiger partial charge in [0.05, 0.1) is 5.54 Å². The minimum atomic E-state index is -0.136. The van der Waals surface area contributed by atoms with Gasteiger partial charge in [-0.2, -0.15) is 0 Å². The van der Waals surface area contributed by atoms with Crippen molar-refractivity contribution in [3.05, 3.63) is 42.0 Å². The summed E-state index contributed by atoms with van der Waals surface area (Å²) >= 11 is 0. The van der Waals surface area contributed by atoms with E-state index in [-0.39, 0.29) is 5.54 Å². The number of ether oxygens (including phenoxy) is 1. The summed E-state index contributed by atoms with van der Waals surface area (Å²) in [6, 6.07) is 9.80. The van der Waals surface area contributed by atoms with Crippen LogP contribution >= 0.6 is 0 Å². The second-order valence-corrected chi connectivity index (χ2v) is 4.52. The summed E-state index contributed by atoms with van der Waals surface area (Å²) < 4.78 is 5.45. The van der Waals surface area contributed by atoms with Gasteiger partial charge in [0, 0.05) is 11.8 Å². The largest absolute Gasteiger partial charge is 0.475 e. The Bertz CT molecular complexity index is 433. The van der Waals surface area contributed by atoms with Crippen molar-refractivity contribution < 1.29 is 4.74 Å². The van der Waals surface area contributed by atoms with Crippen molar-refractivity contribution in [2.45, 2.75) is 19.4 Å². The van der Waals surface area contributed by atoms with Crippen LogP contribution in [0, 0.1) is 0 Å². The SMILES string of the molecule is CC1(C)COC(/C=C(\N)c2ccccc2)=N1. The summed E-state index contributed by atoms with van der Waals surface area (Å²) in [5.41, 5.74) is 7.49. The molecule has 0 radical (unpaired) electrons. The van der Waals surface area contributed by atoms with E-state index in [9.17, 15) is 0 Å². The maximum absolute atomic E-state index is 5.96. The van der Waals surface area contributed by atoms with Crippen LogP contribution in [0.5, 0.6) is 0 Å². The minimum Gasteiger partial charge on any atom is -0.475 e. The van der Waals surface area contributed by atoms with Crippen molar-refractivity contribution in [3.8, 4) is 0 Å². The van der Waals surface area contributed by atoms with Gasteiger partial charge < -0.3 is 10.5 Å². The summed E-state index contributed by atoms with van der Waals surface area (Å²) in [6.45, 7) is 4.68. The molecule has 1 aromatic carbocycles. The van der Waals surface area contributed by atoms with Crippen LogP contribution in [0.2, 0.25) is 0 Å². The predicted octanol–water partition coefficient (Wildman–Crippen LogP) is 2.19. The Morgan fingerprint density at radius 3 is 2.62 bits per heavy atom. The average Bonchev–Trinajstić information content (AvgIpc) is 2.59. The topological polar surface area (TPSA) is 47.6 Å². The zero-order valence-electron chi connectivity index (χ0n) is 9.60. The third kappa shape index (κ3) is 2.42. The molecule has 0 saturated carbocycles. The molecule has 0 aromatic heterocycles. The van der Waals surface area contributed by atoms with Crippen molar-refractivity contribution in [2.75, 3.05) is 6.61 Å². The highest BCUT2D eigenvalue weighted by Crippen LogP contribution is 2.18. The molecule has 3 nitrogen and oxygen atoms in total. The molecule has 1 aliphatic heterocycles. The van der Waals surface area contributed by atoms with Crippen molar-refractivity contribution >= 4 is 11.6 Å². The van der Waals surface area contributed by atoms with Gasteiger partial charge in [-0.15, -0.1) is 0 Å². The Hall–Kier alpha value is -1.77. The standard InChI is InChI=1S/C13H16N2O/c1-13(2)9-16-12(15-13)8-11(14)10-6-4-3-5-7-10/h3-8H,9,14H2,1-2H3/b11-8-. The molecule has 0 aliphatic carbocycles. The third-order valence-electron chi connectivity index (χ3n) is 2.37. The number of nitrogens with two attached hydrogens (primary N) is 1. The first-order valence-corrected chi connectivity index (χ1v) is 5.32. The van der Waals surface area contributed by atoms with Crippen molar-refractivity contribution in [2.24, 2.45) is 10.7 Å². The number of aliphatic imine (C=N–C) groups is 1. The molecule has 0 spiro atoms. The summed E-state index contributed by atoms with van der Waals surface area (Å²) in [7, 11) is 0. The fourth-order valence-corrected chi connectivity index (χ4v) is 1.53. The number of hydrogen-bond acceptors (Lipinski definition) is 3. The lowest BCUT2D eigenvalue weighted by Crippen LogP contribution is -2.17. The van der Waals surface area contributed by atoms with E-state index in [0.717, 1.165) is 5.56 Å². The molecule has 1 aromatic rings. The van der Waals surface area contributed by atoms with Gasteiger partial charge in [0.1, 0.15) is 6.61 Å². The molecule has 3 heteroatoms. The first-order valence-electron chi connectivity index (χ1n) is 5.32. The van der Waals surface area contributed by atoms with E-state index in [2.05, 4.69) is 4.99 Å². The van der Waals surface area contributed by atoms with E-state index < -0.39 is 0 Å². The van der Waals surface area contributed by atoms with E-state index >= 15 is 0 Å². The molecule has 2 rings (SSSR count). The lowest BCUT2D eigenvalue weighted by Gasteiger charge is -2.07. The normalized spacial score (nSPS) is 19.1. The predicted molar refractivity (Wildman–Crippen MR) is 66.1 cm³/mol. The van der Waals surface area contributed by atoms with Crippen LogP contribution in [0.4, 0.5) is 0 Å². The summed E-state index contributed by atoms with van der Waals surface area (Å²) in [5.74, 6) is 0.617. The van der Waals surface area contributed by atoms with Gasteiger partial charge >= 0.3 is 0 Å². The quantitative estimate of drug-likeness (QED) is 0.823. The van der Waals surface area contributed by atoms with Crippen LogP contribution in [0.25, 0.3) is 5.70 Å². The first-order chi connectivity index (χ1) is 7.57. The molecule has 0 atom stereocenters. The molecular weight excluding hydrogens is 200 g/mol. The Balaban J connectivity index is 2.20. The zero-order chi connectivity index (χ0) is 11.6. The number of nitrogens with zero attached hydrogens (tertiary/aromatic N) is 1. The molecule has 0 amide bonds. The second kappa shape index (κ2) is 4.00. The minimum absolute atomic E-state index is 0.136. The molecule has 84 valence electrons. The monoisotopic (exact) mass is 216 g/mol. The van der Waals surface area contributed by atoms with Crippen LogP contribution in [0.3, 0.4) is 0 Å². The Labute approximate surface area is 95.6 Å². The van der Waals surface area contributed by atoms with Gasteiger partial charge in [-0.05, 0) is 19.4 Å². The Morgan fingerprint density at radius 1 is 1.38 bits per heavy atom. The molecule has 16 heavy (non-hydrogen) atoms. The van der Waals surface area contributed by atoms with Crippen LogP contribution in [-0.2, 0) is 4.74 Å². The van der Waals surface area contributed by atoms with Crippen molar-refractivity contribution in [1.82, 2.24) is 0 Å². The number of benzene rings is 1.